The minimum Gasteiger partial charge on any atom is -0.497 e. The molecule has 0 bridgehead atoms. The van der Waals surface area contributed by atoms with Gasteiger partial charge in [0.15, 0.2) is 0 Å². The number of carbonyl (C=O) groups excluding carboxylic acids is 1. The van der Waals surface area contributed by atoms with E-state index in [0.717, 1.165) is 0 Å². The minimum atomic E-state index is -3.79. The van der Waals surface area contributed by atoms with Crippen LogP contribution in [0.5, 0.6) is 5.75 Å². The van der Waals surface area contributed by atoms with Gasteiger partial charge in [-0.15, -0.1) is 0 Å². The molecule has 0 spiro atoms. The highest BCUT2D eigenvalue weighted by molar-refractivity contribution is 7.89. The van der Waals surface area contributed by atoms with E-state index in [1.165, 1.54) is 31.4 Å². The normalized spacial score (nSPS) is 10.7. The number of nitrogens with one attached hydrogen (secondary N) is 2. The van der Waals surface area contributed by atoms with E-state index in [1.54, 1.807) is 24.3 Å². The van der Waals surface area contributed by atoms with Crippen molar-refractivity contribution in [3.63, 3.8) is 0 Å². The molecule has 2 aromatic rings. The van der Waals surface area contributed by atoms with Gasteiger partial charge in [-0.3, -0.25) is 4.79 Å². The number of ether oxygens (including phenoxy) is 1. The molecule has 0 saturated heterocycles. The number of carbonyl (C=O) groups is 1. The number of hydrogen-bond donors (Lipinski definition) is 2. The Morgan fingerprint density at radius 1 is 1.12 bits per heavy atom. The van der Waals surface area contributed by atoms with Crippen LogP contribution >= 0.6 is 0 Å². The summed E-state index contributed by atoms with van der Waals surface area (Å²) in [5.74, 6) is 0.0179. The average molecular weight is 345 g/mol. The first-order valence-corrected chi connectivity index (χ1v) is 8.36. The molecule has 7 nitrogen and oxygen atoms in total. The van der Waals surface area contributed by atoms with Gasteiger partial charge in [0.05, 0.1) is 30.2 Å². The molecule has 0 fully saturated rings. The molecule has 24 heavy (non-hydrogen) atoms. The molecule has 8 heteroatoms. The van der Waals surface area contributed by atoms with Crippen LogP contribution < -0.4 is 14.8 Å². The Kier molecular flexibility index (Phi) is 5.52. The van der Waals surface area contributed by atoms with Gasteiger partial charge in [-0.2, -0.15) is 5.26 Å². The lowest BCUT2D eigenvalue weighted by atomic mass is 10.2. The van der Waals surface area contributed by atoms with Gasteiger partial charge in [0.1, 0.15) is 5.75 Å². The Balaban J connectivity index is 1.95. The van der Waals surface area contributed by atoms with Crippen molar-refractivity contribution in [1.29, 1.82) is 5.26 Å². The highest BCUT2D eigenvalue weighted by Crippen LogP contribution is 2.15. The smallest absolute Gasteiger partial charge is 0.241 e. The van der Waals surface area contributed by atoms with Crippen molar-refractivity contribution in [3.05, 3.63) is 54.1 Å². The molecule has 0 radical (unpaired) electrons. The second kappa shape index (κ2) is 7.59. The number of hydrogen-bond acceptors (Lipinski definition) is 5. The second-order valence-electron chi connectivity index (χ2n) is 4.74. The van der Waals surface area contributed by atoms with E-state index in [-0.39, 0.29) is 4.90 Å². The van der Waals surface area contributed by atoms with Crippen molar-refractivity contribution in [1.82, 2.24) is 4.72 Å². The first kappa shape index (κ1) is 17.5. The highest BCUT2D eigenvalue weighted by atomic mass is 32.2. The number of amides is 1. The number of benzene rings is 2. The number of rotatable bonds is 6. The summed E-state index contributed by atoms with van der Waals surface area (Å²) in [6.07, 6.45) is 0. The number of nitrogens with zero attached hydrogens (tertiary/aromatic N) is 1. The minimum absolute atomic E-state index is 0.0365. The molecule has 0 aliphatic rings. The summed E-state index contributed by atoms with van der Waals surface area (Å²) < 4.78 is 31.4. The predicted molar refractivity (Wildman–Crippen MR) is 88.0 cm³/mol. The third-order valence-electron chi connectivity index (χ3n) is 3.09. The van der Waals surface area contributed by atoms with Crippen molar-refractivity contribution in [2.45, 2.75) is 4.90 Å². The van der Waals surface area contributed by atoms with Gasteiger partial charge in [-0.05, 0) is 48.5 Å². The Bertz CT molecular complexity index is 854. The van der Waals surface area contributed by atoms with Crippen molar-refractivity contribution in [2.24, 2.45) is 0 Å². The van der Waals surface area contributed by atoms with E-state index in [9.17, 15) is 13.2 Å². The standard InChI is InChI=1S/C16H15N3O4S/c1-23-14-6-8-15(9-7-14)24(21,22)18-11-16(20)19-13-4-2-12(10-17)3-5-13/h2-9,18H,11H2,1H3,(H,19,20). The summed E-state index contributed by atoms with van der Waals surface area (Å²) in [6.45, 7) is -0.408. The zero-order valence-corrected chi connectivity index (χ0v) is 13.6. The lowest BCUT2D eigenvalue weighted by molar-refractivity contribution is -0.115. The number of nitriles is 1. The van der Waals surface area contributed by atoms with Crippen LogP contribution in [0.15, 0.2) is 53.4 Å². The van der Waals surface area contributed by atoms with E-state index in [2.05, 4.69) is 10.0 Å². The van der Waals surface area contributed by atoms with E-state index >= 15 is 0 Å². The maximum Gasteiger partial charge on any atom is 0.241 e. The molecule has 0 aliphatic heterocycles. The quantitative estimate of drug-likeness (QED) is 0.824. The van der Waals surface area contributed by atoms with Crippen LogP contribution in [0.4, 0.5) is 5.69 Å². The molecule has 0 heterocycles. The molecule has 0 aliphatic carbocycles. The van der Waals surface area contributed by atoms with Crippen LogP contribution in [0.3, 0.4) is 0 Å². The summed E-state index contributed by atoms with van der Waals surface area (Å²) in [4.78, 5) is 11.9. The molecule has 124 valence electrons. The van der Waals surface area contributed by atoms with E-state index < -0.39 is 22.5 Å². The molecule has 2 aromatic carbocycles. The molecule has 0 saturated carbocycles. The lowest BCUT2D eigenvalue weighted by Crippen LogP contribution is -2.32. The number of sulfonamides is 1. The lowest BCUT2D eigenvalue weighted by Gasteiger charge is -2.08. The van der Waals surface area contributed by atoms with E-state index in [0.29, 0.717) is 17.0 Å². The fourth-order valence-electron chi connectivity index (χ4n) is 1.83. The van der Waals surface area contributed by atoms with Gasteiger partial charge in [0.25, 0.3) is 0 Å². The summed E-state index contributed by atoms with van der Waals surface area (Å²) in [5.41, 5.74) is 0.941. The van der Waals surface area contributed by atoms with Gasteiger partial charge < -0.3 is 10.1 Å². The third kappa shape index (κ3) is 4.55. The van der Waals surface area contributed by atoms with E-state index in [4.69, 9.17) is 10.00 Å². The van der Waals surface area contributed by atoms with Crippen molar-refractivity contribution in [3.8, 4) is 11.8 Å². The van der Waals surface area contributed by atoms with Crippen LogP contribution in [0.2, 0.25) is 0 Å². The van der Waals surface area contributed by atoms with Gasteiger partial charge >= 0.3 is 0 Å². The maximum atomic E-state index is 12.1. The summed E-state index contributed by atoms with van der Waals surface area (Å²) >= 11 is 0. The molecule has 0 unspecified atom stereocenters. The molecule has 0 atom stereocenters. The van der Waals surface area contributed by atoms with E-state index in [1.807, 2.05) is 6.07 Å². The topological polar surface area (TPSA) is 108 Å². The zero-order valence-electron chi connectivity index (χ0n) is 12.8. The summed E-state index contributed by atoms with van der Waals surface area (Å²) in [7, 11) is -2.31. The van der Waals surface area contributed by atoms with Crippen LogP contribution in [-0.2, 0) is 14.8 Å². The Morgan fingerprint density at radius 3 is 2.29 bits per heavy atom. The Morgan fingerprint density at radius 2 is 1.75 bits per heavy atom. The monoisotopic (exact) mass is 345 g/mol. The molecular formula is C16H15N3O4S. The zero-order chi connectivity index (χ0) is 17.6. The van der Waals surface area contributed by atoms with Crippen LogP contribution in [-0.4, -0.2) is 28.0 Å². The van der Waals surface area contributed by atoms with Gasteiger partial charge in [-0.1, -0.05) is 0 Å². The third-order valence-corrected chi connectivity index (χ3v) is 4.51. The summed E-state index contributed by atoms with van der Waals surface area (Å²) in [5, 5.41) is 11.2. The van der Waals surface area contributed by atoms with Crippen LogP contribution in [0, 0.1) is 11.3 Å². The number of methoxy groups -OCH3 is 1. The fourth-order valence-corrected chi connectivity index (χ4v) is 2.81. The SMILES string of the molecule is COc1ccc(S(=O)(=O)NCC(=O)Nc2ccc(C#N)cc2)cc1. The molecule has 0 aromatic heterocycles. The molecule has 2 rings (SSSR count). The predicted octanol–water partition coefficient (Wildman–Crippen LogP) is 1.48. The fraction of sp³-hybridized carbons (Fsp3) is 0.125. The van der Waals surface area contributed by atoms with Crippen LogP contribution in [0.25, 0.3) is 0 Å². The Hall–Kier alpha value is -2.89. The van der Waals surface area contributed by atoms with Crippen molar-refractivity contribution >= 4 is 21.6 Å². The molecule has 1 amide bonds. The van der Waals surface area contributed by atoms with Crippen molar-refractivity contribution < 1.29 is 17.9 Å². The van der Waals surface area contributed by atoms with Gasteiger partial charge in [-0.25, -0.2) is 13.1 Å². The summed E-state index contributed by atoms with van der Waals surface area (Å²) in [6, 6.07) is 14.0. The van der Waals surface area contributed by atoms with Crippen molar-refractivity contribution in [2.75, 3.05) is 19.0 Å². The second-order valence-corrected chi connectivity index (χ2v) is 6.50. The molecular weight excluding hydrogens is 330 g/mol. The largest absolute Gasteiger partial charge is 0.497 e. The highest BCUT2D eigenvalue weighted by Gasteiger charge is 2.15. The Labute approximate surface area is 139 Å². The average Bonchev–Trinajstić information content (AvgIpc) is 2.61. The van der Waals surface area contributed by atoms with Crippen LogP contribution in [0.1, 0.15) is 5.56 Å². The van der Waals surface area contributed by atoms with Gasteiger partial charge in [0, 0.05) is 5.69 Å². The first-order chi connectivity index (χ1) is 11.4. The number of anilines is 1. The maximum absolute atomic E-state index is 12.1. The first-order valence-electron chi connectivity index (χ1n) is 6.88. The van der Waals surface area contributed by atoms with Gasteiger partial charge in [0.2, 0.25) is 15.9 Å². The molecule has 2 N–H and O–H groups in total.